The number of amides is 1. The van der Waals surface area contributed by atoms with E-state index >= 15 is 0 Å². The van der Waals surface area contributed by atoms with E-state index < -0.39 is 17.7 Å². The topological polar surface area (TPSA) is 55.4 Å². The second kappa shape index (κ2) is 7.35. The van der Waals surface area contributed by atoms with E-state index in [1.54, 1.807) is 0 Å². The maximum Gasteiger partial charge on any atom is 0.341 e. The lowest BCUT2D eigenvalue weighted by Crippen LogP contribution is -2.16. The molecule has 1 N–H and O–H groups in total. The molecule has 1 aromatic carbocycles. The van der Waals surface area contributed by atoms with E-state index in [0.717, 1.165) is 36.1 Å². The summed E-state index contributed by atoms with van der Waals surface area (Å²) >= 11 is 1.43. The summed E-state index contributed by atoms with van der Waals surface area (Å²) in [5.41, 5.74) is 1.64. The van der Waals surface area contributed by atoms with E-state index in [1.165, 1.54) is 42.7 Å². The van der Waals surface area contributed by atoms with Crippen molar-refractivity contribution in [1.29, 1.82) is 0 Å². The molecule has 0 radical (unpaired) electrons. The molecule has 1 aromatic heterocycles. The van der Waals surface area contributed by atoms with Crippen molar-refractivity contribution in [2.45, 2.75) is 32.6 Å². The van der Waals surface area contributed by atoms with Crippen LogP contribution >= 0.6 is 11.3 Å². The lowest BCUT2D eigenvalue weighted by molar-refractivity contribution is 0.0601. The van der Waals surface area contributed by atoms with Gasteiger partial charge in [-0.2, -0.15) is 0 Å². The summed E-state index contributed by atoms with van der Waals surface area (Å²) in [6, 6.07) is 5.48. The number of hydrogen-bond donors (Lipinski definition) is 1. The molecule has 0 saturated carbocycles. The van der Waals surface area contributed by atoms with Gasteiger partial charge in [0, 0.05) is 10.4 Å². The Bertz CT molecular complexity index is 815. The number of rotatable bonds is 4. The highest BCUT2D eigenvalue weighted by Crippen LogP contribution is 2.40. The Hall–Kier alpha value is -2.21. The molecule has 1 amide bonds. The molecular formula is C19H20FNO3S. The van der Waals surface area contributed by atoms with Crippen molar-refractivity contribution in [2.24, 2.45) is 5.92 Å². The Balaban J connectivity index is 1.94. The average molecular weight is 361 g/mol. The van der Waals surface area contributed by atoms with E-state index in [4.69, 9.17) is 4.74 Å². The number of fused-ring (bicyclic) bond motifs is 1. The van der Waals surface area contributed by atoms with Gasteiger partial charge >= 0.3 is 5.97 Å². The van der Waals surface area contributed by atoms with Crippen molar-refractivity contribution in [3.8, 4) is 0 Å². The minimum absolute atomic E-state index is 0.216. The lowest BCUT2D eigenvalue weighted by Gasteiger charge is -2.20. The van der Waals surface area contributed by atoms with Crippen LogP contribution in [0.15, 0.2) is 24.3 Å². The largest absolute Gasteiger partial charge is 0.465 e. The molecule has 3 rings (SSSR count). The number of carbonyl (C=O) groups excluding carboxylic acids is 2. The fourth-order valence-corrected chi connectivity index (χ4v) is 4.56. The van der Waals surface area contributed by atoms with Crippen LogP contribution < -0.4 is 5.32 Å². The molecule has 4 nitrogen and oxygen atoms in total. The third-order valence-electron chi connectivity index (χ3n) is 4.65. The molecular weight excluding hydrogens is 341 g/mol. The maximum atomic E-state index is 13.3. The van der Waals surface area contributed by atoms with Crippen molar-refractivity contribution >= 4 is 28.2 Å². The zero-order valence-corrected chi connectivity index (χ0v) is 15.0. The molecule has 6 heteroatoms. The lowest BCUT2D eigenvalue weighted by atomic mass is 9.85. The van der Waals surface area contributed by atoms with E-state index in [0.29, 0.717) is 16.5 Å². The van der Waals surface area contributed by atoms with Gasteiger partial charge in [-0.1, -0.05) is 19.4 Å². The van der Waals surface area contributed by atoms with Gasteiger partial charge in [0.25, 0.3) is 5.91 Å². The fourth-order valence-electron chi connectivity index (χ4n) is 3.21. The third-order valence-corrected chi connectivity index (χ3v) is 5.82. The maximum absolute atomic E-state index is 13.3. The minimum atomic E-state index is -0.475. The van der Waals surface area contributed by atoms with Crippen molar-refractivity contribution in [2.75, 3.05) is 12.4 Å². The van der Waals surface area contributed by atoms with Crippen LogP contribution in [-0.2, 0) is 17.6 Å². The molecule has 2 aromatic rings. The summed E-state index contributed by atoms with van der Waals surface area (Å²) in [6.07, 6.45) is 3.85. The standard InChI is InChI=1S/C19H20FNO3S/c1-3-11-7-8-14-15(9-11)25-18(16(14)19(23)24-2)21-17(22)12-5-4-6-13(20)10-12/h4-6,10-11H,3,7-9H2,1-2H3,(H,21,22)/t11-/m1/s1. The van der Waals surface area contributed by atoms with Crippen LogP contribution in [0.3, 0.4) is 0 Å². The highest BCUT2D eigenvalue weighted by atomic mass is 32.1. The summed E-state index contributed by atoms with van der Waals surface area (Å²) in [5, 5.41) is 3.26. The summed E-state index contributed by atoms with van der Waals surface area (Å²) in [4.78, 5) is 25.8. The van der Waals surface area contributed by atoms with Gasteiger partial charge in [0.05, 0.1) is 12.7 Å². The number of halogens is 1. The molecule has 1 aliphatic carbocycles. The summed E-state index contributed by atoms with van der Waals surface area (Å²) in [5.74, 6) is -0.752. The number of methoxy groups -OCH3 is 1. The van der Waals surface area contributed by atoms with E-state index in [-0.39, 0.29) is 5.56 Å². The highest BCUT2D eigenvalue weighted by molar-refractivity contribution is 7.17. The Kier molecular flexibility index (Phi) is 5.18. The van der Waals surface area contributed by atoms with Crippen LogP contribution in [0.2, 0.25) is 0 Å². The van der Waals surface area contributed by atoms with Crippen LogP contribution in [0.4, 0.5) is 9.39 Å². The molecule has 0 bridgehead atoms. The Morgan fingerprint density at radius 1 is 1.40 bits per heavy atom. The SMILES string of the molecule is CC[C@@H]1CCc2c(sc(NC(=O)c3cccc(F)c3)c2C(=O)OC)C1. The zero-order chi connectivity index (χ0) is 18.0. The predicted molar refractivity (Wildman–Crippen MR) is 95.8 cm³/mol. The quantitative estimate of drug-likeness (QED) is 0.819. The first-order valence-electron chi connectivity index (χ1n) is 8.33. The van der Waals surface area contributed by atoms with Gasteiger partial charge in [-0.3, -0.25) is 4.79 Å². The first-order chi connectivity index (χ1) is 12.0. The summed E-state index contributed by atoms with van der Waals surface area (Å²) in [6.45, 7) is 2.16. The molecule has 0 spiro atoms. The first kappa shape index (κ1) is 17.6. The van der Waals surface area contributed by atoms with Crippen molar-refractivity contribution in [3.05, 3.63) is 51.7 Å². The number of carbonyl (C=O) groups is 2. The van der Waals surface area contributed by atoms with Gasteiger partial charge < -0.3 is 10.1 Å². The average Bonchev–Trinajstić information content (AvgIpc) is 2.97. The van der Waals surface area contributed by atoms with Gasteiger partial charge in [0.2, 0.25) is 0 Å². The number of anilines is 1. The first-order valence-corrected chi connectivity index (χ1v) is 9.14. The second-order valence-electron chi connectivity index (χ2n) is 6.18. The molecule has 0 unspecified atom stereocenters. The van der Waals surface area contributed by atoms with Gasteiger partial charge in [-0.05, 0) is 48.9 Å². The van der Waals surface area contributed by atoms with Gasteiger partial charge in [0.1, 0.15) is 10.8 Å². The van der Waals surface area contributed by atoms with Crippen LogP contribution in [0.5, 0.6) is 0 Å². The highest BCUT2D eigenvalue weighted by Gasteiger charge is 2.29. The van der Waals surface area contributed by atoms with Crippen LogP contribution in [0.25, 0.3) is 0 Å². The Morgan fingerprint density at radius 2 is 2.20 bits per heavy atom. The normalized spacial score (nSPS) is 16.2. The molecule has 0 saturated heterocycles. The Labute approximate surface area is 150 Å². The van der Waals surface area contributed by atoms with Gasteiger partial charge in [-0.15, -0.1) is 11.3 Å². The number of esters is 1. The summed E-state index contributed by atoms with van der Waals surface area (Å²) < 4.78 is 18.3. The molecule has 1 heterocycles. The molecule has 1 atom stereocenters. The molecule has 0 fully saturated rings. The minimum Gasteiger partial charge on any atom is -0.465 e. The number of nitrogens with one attached hydrogen (secondary N) is 1. The number of thiophene rings is 1. The number of ether oxygens (including phenoxy) is 1. The van der Waals surface area contributed by atoms with Gasteiger partial charge in [0.15, 0.2) is 0 Å². The molecule has 1 aliphatic rings. The number of hydrogen-bond acceptors (Lipinski definition) is 4. The van der Waals surface area contributed by atoms with Gasteiger partial charge in [-0.25, -0.2) is 9.18 Å². The summed E-state index contributed by atoms with van der Waals surface area (Å²) in [7, 11) is 1.34. The molecule has 0 aliphatic heterocycles. The smallest absolute Gasteiger partial charge is 0.341 e. The van der Waals surface area contributed by atoms with Crippen LogP contribution in [0.1, 0.15) is 50.9 Å². The Morgan fingerprint density at radius 3 is 2.88 bits per heavy atom. The fraction of sp³-hybridized carbons (Fsp3) is 0.368. The van der Waals surface area contributed by atoms with Crippen molar-refractivity contribution in [3.63, 3.8) is 0 Å². The predicted octanol–water partition coefficient (Wildman–Crippen LogP) is 4.44. The third kappa shape index (κ3) is 3.58. The van der Waals surface area contributed by atoms with E-state index in [9.17, 15) is 14.0 Å². The zero-order valence-electron chi connectivity index (χ0n) is 14.2. The van der Waals surface area contributed by atoms with Crippen molar-refractivity contribution in [1.82, 2.24) is 0 Å². The second-order valence-corrected chi connectivity index (χ2v) is 7.29. The number of benzene rings is 1. The van der Waals surface area contributed by atoms with Crippen molar-refractivity contribution < 1.29 is 18.7 Å². The van der Waals surface area contributed by atoms with E-state index in [1.807, 2.05) is 0 Å². The van der Waals surface area contributed by atoms with Crippen LogP contribution in [0, 0.1) is 11.7 Å². The van der Waals surface area contributed by atoms with E-state index in [2.05, 4.69) is 12.2 Å². The molecule has 132 valence electrons. The monoisotopic (exact) mass is 361 g/mol. The van der Waals surface area contributed by atoms with Crippen LogP contribution in [-0.4, -0.2) is 19.0 Å². The molecule has 25 heavy (non-hydrogen) atoms.